The molecule has 122 valence electrons. The predicted molar refractivity (Wildman–Crippen MR) is 89.3 cm³/mol. The number of alkyl halides is 2. The molecule has 4 heteroatoms. The summed E-state index contributed by atoms with van der Waals surface area (Å²) in [5.41, 5.74) is 1.26. The SMILES string of the molecule is CCOC(=O)C(F)(F)/C=C(/C#Cc1ccccc1)c1ccccc1. The van der Waals surface area contributed by atoms with Crippen molar-refractivity contribution in [3.05, 3.63) is 77.9 Å². The van der Waals surface area contributed by atoms with Gasteiger partial charge in [0.15, 0.2) is 0 Å². The largest absolute Gasteiger partial charge is 0.461 e. The molecule has 24 heavy (non-hydrogen) atoms. The van der Waals surface area contributed by atoms with Gasteiger partial charge in [0, 0.05) is 17.2 Å². The van der Waals surface area contributed by atoms with Crippen molar-refractivity contribution in [3.63, 3.8) is 0 Å². The van der Waals surface area contributed by atoms with E-state index in [1.807, 2.05) is 18.2 Å². The molecule has 0 spiro atoms. The van der Waals surface area contributed by atoms with Crippen molar-refractivity contribution < 1.29 is 18.3 Å². The molecule has 0 aliphatic rings. The molecule has 0 heterocycles. The first kappa shape index (κ1) is 17.4. The molecule has 2 aromatic carbocycles. The Hall–Kier alpha value is -2.93. The summed E-state index contributed by atoms with van der Waals surface area (Å²) in [6.45, 7) is 1.36. The minimum absolute atomic E-state index is 0.0671. The van der Waals surface area contributed by atoms with E-state index in [1.54, 1.807) is 42.5 Å². The van der Waals surface area contributed by atoms with Crippen LogP contribution in [0.25, 0.3) is 5.57 Å². The van der Waals surface area contributed by atoms with Crippen LogP contribution in [0.3, 0.4) is 0 Å². The highest BCUT2D eigenvalue weighted by atomic mass is 19.3. The lowest BCUT2D eigenvalue weighted by Gasteiger charge is -2.11. The average molecular weight is 326 g/mol. The molecule has 2 aromatic rings. The second-order valence-electron chi connectivity index (χ2n) is 4.88. The number of allylic oxidation sites excluding steroid dienone is 1. The quantitative estimate of drug-likeness (QED) is 0.618. The topological polar surface area (TPSA) is 26.3 Å². The molecule has 0 bridgehead atoms. The van der Waals surface area contributed by atoms with Gasteiger partial charge in [0.1, 0.15) is 0 Å². The number of hydrogen-bond acceptors (Lipinski definition) is 2. The Kier molecular flexibility index (Phi) is 5.86. The Morgan fingerprint density at radius 3 is 2.25 bits per heavy atom. The van der Waals surface area contributed by atoms with Crippen LogP contribution < -0.4 is 0 Å². The van der Waals surface area contributed by atoms with Crippen LogP contribution in [0, 0.1) is 11.8 Å². The van der Waals surface area contributed by atoms with Crippen molar-refractivity contribution in [2.24, 2.45) is 0 Å². The number of esters is 1. The number of rotatable bonds is 4. The maximum Gasteiger partial charge on any atom is 0.381 e. The van der Waals surface area contributed by atoms with Crippen LogP contribution in [0.2, 0.25) is 0 Å². The Bertz CT molecular complexity index is 770. The Labute approximate surface area is 139 Å². The van der Waals surface area contributed by atoms with Gasteiger partial charge in [-0.2, -0.15) is 8.78 Å². The number of benzene rings is 2. The average Bonchev–Trinajstić information content (AvgIpc) is 2.60. The highest BCUT2D eigenvalue weighted by Gasteiger charge is 2.38. The molecule has 0 aromatic heterocycles. The summed E-state index contributed by atoms with van der Waals surface area (Å²) >= 11 is 0. The van der Waals surface area contributed by atoms with Gasteiger partial charge >= 0.3 is 11.9 Å². The lowest BCUT2D eigenvalue weighted by Crippen LogP contribution is -2.28. The third-order valence-corrected chi connectivity index (χ3v) is 3.07. The van der Waals surface area contributed by atoms with E-state index < -0.39 is 11.9 Å². The Balaban J connectivity index is 2.43. The highest BCUT2D eigenvalue weighted by Crippen LogP contribution is 2.24. The Morgan fingerprint density at radius 2 is 1.67 bits per heavy atom. The van der Waals surface area contributed by atoms with Gasteiger partial charge < -0.3 is 4.74 Å². The summed E-state index contributed by atoms with van der Waals surface area (Å²) in [7, 11) is 0. The minimum Gasteiger partial charge on any atom is -0.461 e. The van der Waals surface area contributed by atoms with Crippen LogP contribution in [-0.4, -0.2) is 18.5 Å². The molecule has 2 rings (SSSR count). The van der Waals surface area contributed by atoms with Crippen molar-refractivity contribution in [1.82, 2.24) is 0 Å². The van der Waals surface area contributed by atoms with Gasteiger partial charge in [-0.05, 0) is 24.6 Å². The number of hydrogen-bond donors (Lipinski definition) is 0. The van der Waals surface area contributed by atoms with Gasteiger partial charge in [0.2, 0.25) is 0 Å². The molecule has 0 radical (unpaired) electrons. The van der Waals surface area contributed by atoms with E-state index in [2.05, 4.69) is 16.6 Å². The lowest BCUT2D eigenvalue weighted by atomic mass is 10.0. The van der Waals surface area contributed by atoms with Crippen LogP contribution in [0.1, 0.15) is 18.1 Å². The fraction of sp³-hybridized carbons (Fsp3) is 0.150. The van der Waals surface area contributed by atoms with Crippen molar-refractivity contribution in [3.8, 4) is 11.8 Å². The molecular formula is C20H16F2O2. The zero-order valence-corrected chi connectivity index (χ0v) is 13.1. The van der Waals surface area contributed by atoms with E-state index in [0.717, 1.165) is 0 Å². The fourth-order valence-corrected chi connectivity index (χ4v) is 1.94. The van der Waals surface area contributed by atoms with Crippen molar-refractivity contribution in [1.29, 1.82) is 0 Å². The number of ether oxygens (including phenoxy) is 1. The van der Waals surface area contributed by atoms with Gasteiger partial charge in [-0.1, -0.05) is 60.4 Å². The van der Waals surface area contributed by atoms with E-state index in [0.29, 0.717) is 17.2 Å². The molecule has 0 fully saturated rings. The van der Waals surface area contributed by atoms with Crippen molar-refractivity contribution in [2.75, 3.05) is 6.61 Å². The summed E-state index contributed by atoms with van der Waals surface area (Å²) in [6.07, 6.45) is 0.552. The van der Waals surface area contributed by atoms with Crippen LogP contribution in [0.15, 0.2) is 66.7 Å². The summed E-state index contributed by atoms with van der Waals surface area (Å²) in [5.74, 6) is 0.235. The smallest absolute Gasteiger partial charge is 0.381 e. The van der Waals surface area contributed by atoms with Crippen molar-refractivity contribution >= 4 is 11.5 Å². The number of carbonyl (C=O) groups is 1. The molecule has 2 nitrogen and oxygen atoms in total. The minimum atomic E-state index is -3.74. The lowest BCUT2D eigenvalue weighted by molar-refractivity contribution is -0.164. The molecule has 0 aliphatic heterocycles. The number of carbonyl (C=O) groups excluding carboxylic acids is 1. The molecule has 0 unspecified atom stereocenters. The fourth-order valence-electron chi connectivity index (χ4n) is 1.94. The van der Waals surface area contributed by atoms with Crippen LogP contribution >= 0.6 is 0 Å². The molecule has 0 saturated heterocycles. The second kappa shape index (κ2) is 8.07. The third kappa shape index (κ3) is 4.79. The highest BCUT2D eigenvalue weighted by molar-refractivity contribution is 5.87. The summed E-state index contributed by atoms with van der Waals surface area (Å²) in [4.78, 5) is 11.4. The van der Waals surface area contributed by atoms with Crippen LogP contribution in [0.5, 0.6) is 0 Å². The monoisotopic (exact) mass is 326 g/mol. The predicted octanol–water partition coefficient (Wildman–Crippen LogP) is 4.32. The van der Waals surface area contributed by atoms with Gasteiger partial charge in [0.25, 0.3) is 0 Å². The van der Waals surface area contributed by atoms with Gasteiger partial charge in [0.05, 0.1) is 6.61 Å². The third-order valence-electron chi connectivity index (χ3n) is 3.07. The molecule has 0 saturated carbocycles. The van der Waals surface area contributed by atoms with Crippen LogP contribution in [0.4, 0.5) is 8.78 Å². The second-order valence-corrected chi connectivity index (χ2v) is 4.88. The van der Waals surface area contributed by atoms with Gasteiger partial charge in [-0.3, -0.25) is 0 Å². The van der Waals surface area contributed by atoms with Gasteiger partial charge in [-0.25, -0.2) is 4.79 Å². The first-order chi connectivity index (χ1) is 11.5. The first-order valence-corrected chi connectivity index (χ1v) is 7.43. The molecular weight excluding hydrogens is 310 g/mol. The van der Waals surface area contributed by atoms with Gasteiger partial charge in [-0.15, -0.1) is 0 Å². The molecule has 0 N–H and O–H groups in total. The van der Waals surface area contributed by atoms with E-state index >= 15 is 0 Å². The first-order valence-electron chi connectivity index (χ1n) is 7.43. The summed E-state index contributed by atoms with van der Waals surface area (Å²) in [5, 5.41) is 0. The summed E-state index contributed by atoms with van der Waals surface area (Å²) < 4.78 is 32.5. The zero-order chi connectivity index (χ0) is 17.4. The van der Waals surface area contributed by atoms with Crippen LogP contribution in [-0.2, 0) is 9.53 Å². The van der Waals surface area contributed by atoms with E-state index in [-0.39, 0.29) is 12.2 Å². The molecule has 0 aliphatic carbocycles. The summed E-state index contributed by atoms with van der Waals surface area (Å²) in [6, 6.07) is 17.5. The van der Waals surface area contributed by atoms with E-state index in [4.69, 9.17) is 0 Å². The Morgan fingerprint density at radius 1 is 1.08 bits per heavy atom. The number of halogens is 2. The van der Waals surface area contributed by atoms with E-state index in [9.17, 15) is 13.6 Å². The maximum atomic E-state index is 14.0. The van der Waals surface area contributed by atoms with Crippen molar-refractivity contribution in [2.45, 2.75) is 12.8 Å². The zero-order valence-electron chi connectivity index (χ0n) is 13.1. The standard InChI is InChI=1S/C20H16F2O2/c1-2-24-19(23)20(21,22)15-18(17-11-7-4-8-12-17)14-13-16-9-5-3-6-10-16/h3-12,15H,2H2,1H3/b18-15-. The molecule has 0 amide bonds. The molecule has 0 atom stereocenters. The maximum absolute atomic E-state index is 14.0. The normalized spacial score (nSPS) is 11.4. The van der Waals surface area contributed by atoms with E-state index in [1.165, 1.54) is 6.92 Å².